The average Bonchev–Trinajstić information content (AvgIpc) is 2.46. The highest BCUT2D eigenvalue weighted by atomic mass is 19.1. The van der Waals surface area contributed by atoms with E-state index in [2.05, 4.69) is 0 Å². The maximum Gasteiger partial charge on any atom is 0.282 e. The summed E-state index contributed by atoms with van der Waals surface area (Å²) in [6, 6.07) is 2.86. The Hall–Kier alpha value is -2.02. The molecule has 1 aromatic carbocycles. The van der Waals surface area contributed by atoms with Gasteiger partial charge in [0.05, 0.1) is 11.0 Å². The van der Waals surface area contributed by atoms with E-state index in [4.69, 9.17) is 0 Å². The first-order valence-electron chi connectivity index (χ1n) is 6.81. The minimum Gasteiger partial charge on any atom is -0.393 e. The van der Waals surface area contributed by atoms with Gasteiger partial charge in [0.1, 0.15) is 11.4 Å². The van der Waals surface area contributed by atoms with Gasteiger partial charge in [-0.1, -0.05) is 0 Å². The monoisotopic (exact) mass is 296 g/mol. The molecule has 1 fully saturated rings. The summed E-state index contributed by atoms with van der Waals surface area (Å²) in [5.74, 6) is -1.31. The number of hydrogen-bond acceptors (Lipinski definition) is 4. The summed E-state index contributed by atoms with van der Waals surface area (Å²) < 4.78 is 13.3. The largest absolute Gasteiger partial charge is 0.393 e. The van der Waals surface area contributed by atoms with Crippen molar-refractivity contribution in [1.29, 1.82) is 0 Å². The molecule has 1 N–H and O–H groups in total. The van der Waals surface area contributed by atoms with Crippen molar-refractivity contribution in [2.24, 2.45) is 5.92 Å². The van der Waals surface area contributed by atoms with Crippen LogP contribution in [0.1, 0.15) is 30.1 Å². The zero-order chi connectivity index (χ0) is 15.6. The van der Waals surface area contributed by atoms with Crippen molar-refractivity contribution in [2.45, 2.75) is 25.9 Å². The van der Waals surface area contributed by atoms with Crippen LogP contribution in [-0.2, 0) is 0 Å². The van der Waals surface area contributed by atoms with E-state index in [-0.39, 0.29) is 11.5 Å². The van der Waals surface area contributed by atoms with Gasteiger partial charge in [0.2, 0.25) is 0 Å². The van der Waals surface area contributed by atoms with Crippen molar-refractivity contribution in [2.75, 3.05) is 13.1 Å². The Bertz CT molecular complexity index is 562. The third-order valence-electron chi connectivity index (χ3n) is 3.81. The van der Waals surface area contributed by atoms with Gasteiger partial charge in [-0.2, -0.15) is 0 Å². The molecule has 114 valence electrons. The zero-order valence-electron chi connectivity index (χ0n) is 11.7. The molecule has 1 heterocycles. The summed E-state index contributed by atoms with van der Waals surface area (Å²) in [5.41, 5.74) is -0.646. The Morgan fingerprint density at radius 3 is 2.90 bits per heavy atom. The topological polar surface area (TPSA) is 83.7 Å². The quantitative estimate of drug-likeness (QED) is 0.682. The predicted octanol–water partition coefficient (Wildman–Crippen LogP) is 1.97. The highest BCUT2D eigenvalue weighted by Gasteiger charge is 2.30. The number of piperidine rings is 1. The molecule has 21 heavy (non-hydrogen) atoms. The van der Waals surface area contributed by atoms with Crippen molar-refractivity contribution in [3.8, 4) is 0 Å². The fourth-order valence-electron chi connectivity index (χ4n) is 2.60. The molecule has 1 aliphatic rings. The minimum absolute atomic E-state index is 0.0599. The molecule has 1 saturated heterocycles. The molecular formula is C14H17FN2O4. The van der Waals surface area contributed by atoms with Crippen molar-refractivity contribution in [3.05, 3.63) is 39.7 Å². The maximum atomic E-state index is 13.3. The molecule has 6 nitrogen and oxygen atoms in total. The summed E-state index contributed by atoms with van der Waals surface area (Å²) in [7, 11) is 0. The summed E-state index contributed by atoms with van der Waals surface area (Å²) >= 11 is 0. The van der Waals surface area contributed by atoms with Gasteiger partial charge in [-0.3, -0.25) is 14.9 Å². The van der Waals surface area contributed by atoms with Gasteiger partial charge in [0.25, 0.3) is 11.6 Å². The van der Waals surface area contributed by atoms with Gasteiger partial charge in [0.15, 0.2) is 0 Å². The van der Waals surface area contributed by atoms with Crippen LogP contribution in [0.4, 0.5) is 10.1 Å². The highest BCUT2D eigenvalue weighted by molar-refractivity contribution is 5.98. The Kier molecular flexibility index (Phi) is 4.52. The predicted molar refractivity (Wildman–Crippen MR) is 73.4 cm³/mol. The molecule has 2 unspecified atom stereocenters. The molecule has 0 radical (unpaired) electrons. The van der Waals surface area contributed by atoms with Crippen molar-refractivity contribution < 1.29 is 19.2 Å². The normalized spacial score (nSPS) is 20.1. The lowest BCUT2D eigenvalue weighted by Crippen LogP contribution is -2.43. The second-order valence-electron chi connectivity index (χ2n) is 5.31. The lowest BCUT2D eigenvalue weighted by molar-refractivity contribution is -0.385. The lowest BCUT2D eigenvalue weighted by Gasteiger charge is -2.34. The maximum absolute atomic E-state index is 13.3. The van der Waals surface area contributed by atoms with Crippen LogP contribution in [0.5, 0.6) is 0 Å². The number of rotatable bonds is 3. The van der Waals surface area contributed by atoms with E-state index in [1.54, 1.807) is 6.92 Å². The molecule has 0 saturated carbocycles. The first kappa shape index (κ1) is 15.4. The van der Waals surface area contributed by atoms with E-state index in [0.717, 1.165) is 24.6 Å². The highest BCUT2D eigenvalue weighted by Crippen LogP contribution is 2.25. The van der Waals surface area contributed by atoms with Crippen molar-refractivity contribution >= 4 is 11.6 Å². The van der Waals surface area contributed by atoms with E-state index < -0.39 is 28.4 Å². The number of aliphatic hydroxyl groups excluding tert-OH is 1. The standard InChI is InChI=1S/C14H17FN2O4/c1-9(18)10-3-2-6-16(8-10)14(19)12-7-11(15)4-5-13(12)17(20)21/h4-5,7,9-10,18H,2-3,6,8H2,1H3. The number of likely N-dealkylation sites (tertiary alicyclic amines) is 1. The molecule has 0 aromatic heterocycles. The van der Waals surface area contributed by atoms with E-state index in [9.17, 15) is 24.4 Å². The van der Waals surface area contributed by atoms with E-state index in [0.29, 0.717) is 19.5 Å². The molecule has 1 aromatic rings. The van der Waals surface area contributed by atoms with Crippen LogP contribution >= 0.6 is 0 Å². The van der Waals surface area contributed by atoms with E-state index in [1.165, 1.54) is 4.90 Å². The Morgan fingerprint density at radius 1 is 1.57 bits per heavy atom. The first-order chi connectivity index (χ1) is 9.90. The number of hydrogen-bond donors (Lipinski definition) is 1. The van der Waals surface area contributed by atoms with Gasteiger partial charge in [-0.25, -0.2) is 4.39 Å². The number of benzene rings is 1. The third kappa shape index (κ3) is 3.36. The number of nitro benzene ring substituents is 1. The van der Waals surface area contributed by atoms with E-state index in [1.807, 2.05) is 0 Å². The smallest absolute Gasteiger partial charge is 0.282 e. The first-order valence-corrected chi connectivity index (χ1v) is 6.81. The number of carbonyl (C=O) groups excluding carboxylic acids is 1. The average molecular weight is 296 g/mol. The number of amides is 1. The third-order valence-corrected chi connectivity index (χ3v) is 3.81. The molecule has 1 aliphatic heterocycles. The van der Waals surface area contributed by atoms with Crippen LogP contribution in [0.2, 0.25) is 0 Å². The van der Waals surface area contributed by atoms with Crippen molar-refractivity contribution in [1.82, 2.24) is 4.90 Å². The van der Waals surface area contributed by atoms with Gasteiger partial charge in [-0.05, 0) is 31.9 Å². The number of nitro groups is 1. The summed E-state index contributed by atoms with van der Waals surface area (Å²) in [5, 5.41) is 20.6. The molecule has 0 aliphatic carbocycles. The molecule has 0 spiro atoms. The van der Waals surface area contributed by atoms with Gasteiger partial charge in [-0.15, -0.1) is 0 Å². The number of nitrogens with zero attached hydrogens (tertiary/aromatic N) is 2. The minimum atomic E-state index is -0.692. The molecule has 2 atom stereocenters. The zero-order valence-corrected chi connectivity index (χ0v) is 11.7. The van der Waals surface area contributed by atoms with Crippen LogP contribution < -0.4 is 0 Å². The molecule has 7 heteroatoms. The SMILES string of the molecule is CC(O)C1CCCN(C(=O)c2cc(F)ccc2[N+](=O)[O-])C1. The van der Waals surface area contributed by atoms with E-state index >= 15 is 0 Å². The van der Waals surface area contributed by atoms with Crippen LogP contribution in [0.3, 0.4) is 0 Å². The second-order valence-corrected chi connectivity index (χ2v) is 5.31. The fraction of sp³-hybridized carbons (Fsp3) is 0.500. The number of carbonyl (C=O) groups is 1. The van der Waals surface area contributed by atoms with Crippen LogP contribution in [0, 0.1) is 21.8 Å². The molecule has 1 amide bonds. The molecule has 2 rings (SSSR count). The van der Waals surface area contributed by atoms with Crippen LogP contribution in [0.25, 0.3) is 0 Å². The summed E-state index contributed by atoms with van der Waals surface area (Å²) in [4.78, 5) is 24.1. The Morgan fingerprint density at radius 2 is 2.29 bits per heavy atom. The molecular weight excluding hydrogens is 279 g/mol. The Balaban J connectivity index is 2.27. The summed E-state index contributed by atoms with van der Waals surface area (Å²) in [6.07, 6.45) is 0.958. The van der Waals surface area contributed by atoms with Crippen molar-refractivity contribution in [3.63, 3.8) is 0 Å². The van der Waals surface area contributed by atoms with Gasteiger partial charge >= 0.3 is 0 Å². The van der Waals surface area contributed by atoms with Crippen LogP contribution in [0.15, 0.2) is 18.2 Å². The van der Waals surface area contributed by atoms with Gasteiger partial charge < -0.3 is 10.0 Å². The summed E-state index contributed by atoms with van der Waals surface area (Å²) in [6.45, 7) is 2.43. The van der Waals surface area contributed by atoms with Crippen LogP contribution in [-0.4, -0.2) is 40.0 Å². The number of halogens is 1. The Labute approximate surface area is 121 Å². The second kappa shape index (κ2) is 6.17. The molecule has 0 bridgehead atoms. The van der Waals surface area contributed by atoms with Gasteiger partial charge in [0, 0.05) is 25.1 Å². The number of aliphatic hydroxyl groups is 1. The fourth-order valence-corrected chi connectivity index (χ4v) is 2.60. The lowest BCUT2D eigenvalue weighted by atomic mass is 9.93.